The first-order chi connectivity index (χ1) is 7.86. The number of amides is 1. The molecule has 0 heterocycles. The molecule has 6 heteroatoms. The molecule has 0 aliphatic heterocycles. The van der Waals surface area contributed by atoms with Crippen molar-refractivity contribution < 1.29 is 22.7 Å². The molecule has 1 unspecified atom stereocenters. The molecular weight excluding hydrogens is 235 g/mol. The largest absolute Gasteiger partial charge is 0.416 e. The van der Waals surface area contributed by atoms with Crippen LogP contribution in [0.3, 0.4) is 0 Å². The topological polar surface area (TPSA) is 52.3 Å². The first-order valence-electron chi connectivity index (χ1n) is 4.81. The lowest BCUT2D eigenvalue weighted by Crippen LogP contribution is -2.25. The van der Waals surface area contributed by atoms with Crippen LogP contribution in [0.5, 0.6) is 0 Å². The molecule has 0 saturated heterocycles. The second-order valence-electron chi connectivity index (χ2n) is 3.53. The number of primary amides is 1. The van der Waals surface area contributed by atoms with Gasteiger partial charge in [-0.25, -0.2) is 0 Å². The number of alkyl halides is 3. The van der Waals surface area contributed by atoms with Gasteiger partial charge in [0.05, 0.1) is 18.1 Å². The van der Waals surface area contributed by atoms with Crippen molar-refractivity contribution in [3.8, 4) is 0 Å². The van der Waals surface area contributed by atoms with Crippen molar-refractivity contribution in [1.29, 1.82) is 0 Å². The molecule has 0 fully saturated rings. The molecule has 1 atom stereocenters. The van der Waals surface area contributed by atoms with Crippen LogP contribution in [0, 0.1) is 0 Å². The number of carbonyl (C=O) groups is 1. The minimum absolute atomic E-state index is 0.0450. The highest BCUT2D eigenvalue weighted by Crippen LogP contribution is 2.31. The van der Waals surface area contributed by atoms with E-state index in [0.717, 1.165) is 12.1 Å². The highest BCUT2D eigenvalue weighted by Gasteiger charge is 2.31. The highest BCUT2D eigenvalue weighted by atomic mass is 19.4. The molecule has 94 valence electrons. The van der Waals surface area contributed by atoms with Crippen molar-refractivity contribution in [2.24, 2.45) is 5.73 Å². The average Bonchev–Trinajstić information content (AvgIpc) is 2.24. The van der Waals surface area contributed by atoms with E-state index in [-0.39, 0.29) is 12.2 Å². The Hall–Kier alpha value is -1.56. The Balaban J connectivity index is 3.08. The summed E-state index contributed by atoms with van der Waals surface area (Å²) in [4.78, 5) is 11.1. The Kier molecular flexibility index (Phi) is 4.11. The molecule has 0 spiro atoms. The zero-order chi connectivity index (χ0) is 13.1. The van der Waals surface area contributed by atoms with Crippen LogP contribution >= 0.6 is 0 Å². The zero-order valence-electron chi connectivity index (χ0n) is 9.12. The quantitative estimate of drug-likeness (QED) is 0.883. The predicted molar refractivity (Wildman–Crippen MR) is 55.3 cm³/mol. The number of halogens is 3. The third kappa shape index (κ3) is 3.45. The van der Waals surface area contributed by atoms with Gasteiger partial charge in [0.1, 0.15) is 0 Å². The Labute approximate surface area is 96.4 Å². The van der Waals surface area contributed by atoms with E-state index >= 15 is 0 Å². The van der Waals surface area contributed by atoms with Crippen LogP contribution in [-0.2, 0) is 15.7 Å². The second-order valence-corrected chi connectivity index (χ2v) is 3.53. The Morgan fingerprint density at radius 3 is 2.59 bits per heavy atom. The van der Waals surface area contributed by atoms with E-state index in [4.69, 9.17) is 10.5 Å². The van der Waals surface area contributed by atoms with Crippen molar-refractivity contribution in [3.63, 3.8) is 0 Å². The smallest absolute Gasteiger partial charge is 0.384 e. The van der Waals surface area contributed by atoms with Gasteiger partial charge in [0.2, 0.25) is 5.91 Å². The monoisotopic (exact) mass is 247 g/mol. The number of rotatable bonds is 4. The normalized spacial score (nSPS) is 13.4. The minimum atomic E-state index is -4.44. The number of hydrogen-bond donors (Lipinski definition) is 1. The first-order valence-corrected chi connectivity index (χ1v) is 4.81. The molecule has 2 N–H and O–H groups in total. The summed E-state index contributed by atoms with van der Waals surface area (Å²) >= 11 is 0. The van der Waals surface area contributed by atoms with Crippen LogP contribution in [-0.4, -0.2) is 19.6 Å². The molecule has 1 aromatic carbocycles. The fourth-order valence-corrected chi connectivity index (χ4v) is 1.44. The van der Waals surface area contributed by atoms with Crippen molar-refractivity contribution in [1.82, 2.24) is 0 Å². The average molecular weight is 247 g/mol. The lowest BCUT2D eigenvalue weighted by Gasteiger charge is -2.14. The Bertz CT molecular complexity index is 404. The first kappa shape index (κ1) is 13.5. The van der Waals surface area contributed by atoms with Crippen molar-refractivity contribution in [2.45, 2.75) is 12.1 Å². The number of methoxy groups -OCH3 is 1. The van der Waals surface area contributed by atoms with Gasteiger partial charge in [0, 0.05) is 7.11 Å². The van der Waals surface area contributed by atoms with Crippen LogP contribution < -0.4 is 5.73 Å². The fraction of sp³-hybridized carbons (Fsp3) is 0.364. The summed E-state index contributed by atoms with van der Waals surface area (Å²) in [6, 6.07) is 4.51. The molecule has 3 nitrogen and oxygen atoms in total. The zero-order valence-corrected chi connectivity index (χ0v) is 9.12. The lowest BCUT2D eigenvalue weighted by molar-refractivity contribution is -0.137. The Morgan fingerprint density at radius 2 is 2.12 bits per heavy atom. The van der Waals surface area contributed by atoms with E-state index in [9.17, 15) is 18.0 Å². The standard InChI is InChI=1S/C11H12F3NO2/c1-17-6-9(10(15)16)7-3-2-4-8(5-7)11(12,13)14/h2-5,9H,6H2,1H3,(H2,15,16). The molecule has 1 rings (SSSR count). The number of benzene rings is 1. The molecule has 1 aromatic rings. The van der Waals surface area contributed by atoms with E-state index in [0.29, 0.717) is 0 Å². The van der Waals surface area contributed by atoms with Crippen molar-refractivity contribution in [3.05, 3.63) is 35.4 Å². The molecule has 1 amide bonds. The number of carbonyl (C=O) groups excluding carboxylic acids is 1. The molecular formula is C11H12F3NO2. The van der Waals surface area contributed by atoms with Crippen LogP contribution in [0.15, 0.2) is 24.3 Å². The predicted octanol–water partition coefficient (Wildman–Crippen LogP) is 1.92. The summed E-state index contributed by atoms with van der Waals surface area (Å²) in [7, 11) is 1.35. The number of nitrogens with two attached hydrogens (primary N) is 1. The summed E-state index contributed by atoms with van der Waals surface area (Å²) in [5.41, 5.74) is 4.51. The van der Waals surface area contributed by atoms with Gasteiger partial charge in [-0.05, 0) is 11.6 Å². The number of hydrogen-bond acceptors (Lipinski definition) is 2. The summed E-state index contributed by atoms with van der Waals surface area (Å²) in [6.07, 6.45) is -4.44. The third-order valence-corrected chi connectivity index (χ3v) is 2.29. The molecule has 0 bridgehead atoms. The van der Waals surface area contributed by atoms with E-state index in [1.165, 1.54) is 19.2 Å². The lowest BCUT2D eigenvalue weighted by atomic mass is 9.97. The molecule has 17 heavy (non-hydrogen) atoms. The van der Waals surface area contributed by atoms with E-state index in [1.807, 2.05) is 0 Å². The molecule has 0 radical (unpaired) electrons. The maximum Gasteiger partial charge on any atom is 0.416 e. The van der Waals surface area contributed by atoms with Crippen molar-refractivity contribution >= 4 is 5.91 Å². The van der Waals surface area contributed by atoms with Gasteiger partial charge < -0.3 is 10.5 Å². The van der Waals surface area contributed by atoms with Gasteiger partial charge in [-0.3, -0.25) is 4.79 Å². The summed E-state index contributed by atoms with van der Waals surface area (Å²) < 4.78 is 42.2. The SMILES string of the molecule is COCC(C(N)=O)c1cccc(C(F)(F)F)c1. The van der Waals surface area contributed by atoms with Crippen LogP contribution in [0.4, 0.5) is 13.2 Å². The van der Waals surface area contributed by atoms with Gasteiger partial charge in [-0.15, -0.1) is 0 Å². The molecule has 0 aliphatic carbocycles. The van der Waals surface area contributed by atoms with Crippen LogP contribution in [0.1, 0.15) is 17.0 Å². The summed E-state index contributed by atoms with van der Waals surface area (Å²) in [6.45, 7) is -0.0450. The maximum absolute atomic E-state index is 12.5. The van der Waals surface area contributed by atoms with Crippen LogP contribution in [0.2, 0.25) is 0 Å². The summed E-state index contributed by atoms with van der Waals surface area (Å²) in [5.74, 6) is -1.59. The molecule has 0 aliphatic rings. The maximum atomic E-state index is 12.5. The highest BCUT2D eigenvalue weighted by molar-refractivity contribution is 5.82. The second kappa shape index (κ2) is 5.18. The van der Waals surface area contributed by atoms with Crippen LogP contribution in [0.25, 0.3) is 0 Å². The van der Waals surface area contributed by atoms with E-state index in [2.05, 4.69) is 0 Å². The third-order valence-electron chi connectivity index (χ3n) is 2.29. The minimum Gasteiger partial charge on any atom is -0.384 e. The van der Waals surface area contributed by atoms with Gasteiger partial charge >= 0.3 is 6.18 Å². The van der Waals surface area contributed by atoms with E-state index < -0.39 is 23.6 Å². The number of ether oxygens (including phenoxy) is 1. The fourth-order valence-electron chi connectivity index (χ4n) is 1.44. The van der Waals surface area contributed by atoms with Gasteiger partial charge in [-0.2, -0.15) is 13.2 Å². The van der Waals surface area contributed by atoms with Gasteiger partial charge in [-0.1, -0.05) is 18.2 Å². The Morgan fingerprint density at radius 1 is 1.47 bits per heavy atom. The summed E-state index contributed by atoms with van der Waals surface area (Å²) in [5, 5.41) is 0. The van der Waals surface area contributed by atoms with E-state index in [1.54, 1.807) is 0 Å². The van der Waals surface area contributed by atoms with Gasteiger partial charge in [0.15, 0.2) is 0 Å². The van der Waals surface area contributed by atoms with Crippen molar-refractivity contribution in [2.75, 3.05) is 13.7 Å². The van der Waals surface area contributed by atoms with Gasteiger partial charge in [0.25, 0.3) is 0 Å². The molecule has 0 aromatic heterocycles. The molecule has 0 saturated carbocycles.